The number of ether oxygens (including phenoxy) is 2. The van der Waals surface area contributed by atoms with Crippen LogP contribution in [0.15, 0.2) is 76.9 Å². The van der Waals surface area contributed by atoms with Crippen LogP contribution in [0.25, 0.3) is 0 Å². The fraction of sp³-hybridized carbons (Fsp3) is 0.433. The Morgan fingerprint density at radius 3 is 2.50 bits per heavy atom. The SMILES string of the molecule is COc1ccc(CCNC(=O)/C=C(C)/C=C/C=C(C)/C=C/C2=C(C)CCCC2(C)C)cc1OC. The van der Waals surface area contributed by atoms with Crippen molar-refractivity contribution in [3.63, 3.8) is 0 Å². The molecule has 1 aliphatic rings. The largest absolute Gasteiger partial charge is 0.493 e. The van der Waals surface area contributed by atoms with Gasteiger partial charge in [-0.25, -0.2) is 0 Å². The van der Waals surface area contributed by atoms with Crippen LogP contribution < -0.4 is 14.8 Å². The van der Waals surface area contributed by atoms with E-state index in [1.54, 1.807) is 20.3 Å². The molecule has 0 saturated carbocycles. The molecule has 34 heavy (non-hydrogen) atoms. The third-order valence-corrected chi connectivity index (χ3v) is 6.29. The third kappa shape index (κ3) is 8.40. The molecule has 0 fully saturated rings. The highest BCUT2D eigenvalue weighted by molar-refractivity contribution is 5.88. The van der Waals surface area contributed by atoms with Crippen LogP contribution in [0.3, 0.4) is 0 Å². The summed E-state index contributed by atoms with van der Waals surface area (Å²) in [6.07, 6.45) is 16.6. The molecule has 1 aliphatic carbocycles. The van der Waals surface area contributed by atoms with Crippen molar-refractivity contribution in [2.75, 3.05) is 20.8 Å². The topological polar surface area (TPSA) is 47.6 Å². The lowest BCUT2D eigenvalue weighted by Crippen LogP contribution is -2.23. The van der Waals surface area contributed by atoms with Crippen molar-refractivity contribution < 1.29 is 14.3 Å². The minimum absolute atomic E-state index is 0.0924. The number of nitrogens with one attached hydrogen (secondary N) is 1. The molecule has 1 amide bonds. The zero-order valence-electron chi connectivity index (χ0n) is 22.0. The van der Waals surface area contributed by atoms with Gasteiger partial charge in [-0.3, -0.25) is 4.79 Å². The fourth-order valence-corrected chi connectivity index (χ4v) is 4.30. The number of carbonyl (C=O) groups is 1. The molecule has 0 aromatic heterocycles. The van der Waals surface area contributed by atoms with Crippen molar-refractivity contribution in [2.24, 2.45) is 5.41 Å². The van der Waals surface area contributed by atoms with Crippen LogP contribution >= 0.6 is 0 Å². The Hall–Kier alpha value is -3.01. The van der Waals surface area contributed by atoms with Gasteiger partial charge in [0.15, 0.2) is 11.5 Å². The molecule has 0 saturated heterocycles. The lowest BCUT2D eigenvalue weighted by atomic mass is 9.72. The summed E-state index contributed by atoms with van der Waals surface area (Å²) < 4.78 is 10.6. The standard InChI is InChI=1S/C30H41NO3/c1-22(13-15-26-24(3)12-9-18-30(26,4)5)10-8-11-23(2)20-29(32)31-19-17-25-14-16-27(33-6)28(21-25)34-7/h8,10-11,13-16,20-21H,9,12,17-19H2,1-7H3,(H,31,32)/b11-8+,15-13+,22-10+,23-20+. The van der Waals surface area contributed by atoms with Gasteiger partial charge in [0.2, 0.25) is 5.91 Å². The molecule has 0 radical (unpaired) electrons. The molecule has 1 N–H and O–H groups in total. The maximum absolute atomic E-state index is 12.2. The molecule has 0 unspecified atom stereocenters. The van der Waals surface area contributed by atoms with Crippen LogP contribution in [0.4, 0.5) is 0 Å². The van der Waals surface area contributed by atoms with Gasteiger partial charge in [-0.05, 0) is 80.7 Å². The minimum Gasteiger partial charge on any atom is -0.493 e. The number of allylic oxidation sites excluding steroid dienone is 9. The maximum atomic E-state index is 12.2. The summed E-state index contributed by atoms with van der Waals surface area (Å²) in [5.41, 5.74) is 6.40. The number of methoxy groups -OCH3 is 2. The van der Waals surface area contributed by atoms with E-state index >= 15 is 0 Å². The van der Waals surface area contributed by atoms with Gasteiger partial charge >= 0.3 is 0 Å². The molecule has 0 heterocycles. The molecule has 1 aromatic rings. The molecule has 0 atom stereocenters. The second kappa shape index (κ2) is 13.0. The summed E-state index contributed by atoms with van der Waals surface area (Å²) in [4.78, 5) is 12.2. The molecule has 2 rings (SSSR count). The Bertz CT molecular complexity index is 1010. The second-order valence-electron chi connectivity index (χ2n) is 9.65. The third-order valence-electron chi connectivity index (χ3n) is 6.29. The van der Waals surface area contributed by atoms with E-state index in [0.717, 1.165) is 17.6 Å². The Balaban J connectivity index is 1.86. The van der Waals surface area contributed by atoms with Crippen molar-refractivity contribution in [3.05, 3.63) is 82.5 Å². The summed E-state index contributed by atoms with van der Waals surface area (Å²) in [7, 11) is 3.24. The van der Waals surface area contributed by atoms with Gasteiger partial charge in [0.05, 0.1) is 14.2 Å². The Morgan fingerprint density at radius 2 is 1.82 bits per heavy atom. The number of hydrogen-bond donors (Lipinski definition) is 1. The first-order valence-electron chi connectivity index (χ1n) is 12.1. The first kappa shape index (κ1) is 27.2. The molecular formula is C30H41NO3. The number of rotatable bonds is 10. The minimum atomic E-state index is -0.0924. The van der Waals surface area contributed by atoms with Gasteiger partial charge < -0.3 is 14.8 Å². The van der Waals surface area contributed by atoms with Crippen LogP contribution in [0.5, 0.6) is 11.5 Å². The normalized spacial score (nSPS) is 16.9. The molecule has 184 valence electrons. The van der Waals surface area contributed by atoms with Crippen molar-refractivity contribution in [3.8, 4) is 11.5 Å². The van der Waals surface area contributed by atoms with E-state index in [1.165, 1.54) is 36.0 Å². The number of carbonyl (C=O) groups excluding carboxylic acids is 1. The zero-order chi connectivity index (χ0) is 25.1. The molecule has 0 spiro atoms. The highest BCUT2D eigenvalue weighted by Crippen LogP contribution is 2.40. The van der Waals surface area contributed by atoms with Crippen molar-refractivity contribution in [1.29, 1.82) is 0 Å². The smallest absolute Gasteiger partial charge is 0.244 e. The number of benzene rings is 1. The maximum Gasteiger partial charge on any atom is 0.244 e. The van der Waals surface area contributed by atoms with Gasteiger partial charge in [0, 0.05) is 12.6 Å². The predicted molar refractivity (Wildman–Crippen MR) is 142 cm³/mol. The Morgan fingerprint density at radius 1 is 1.09 bits per heavy atom. The van der Waals surface area contributed by atoms with E-state index in [4.69, 9.17) is 9.47 Å². The quantitative estimate of drug-likeness (QED) is 0.303. The van der Waals surface area contributed by atoms with E-state index in [0.29, 0.717) is 18.0 Å². The second-order valence-corrected chi connectivity index (χ2v) is 9.65. The summed E-state index contributed by atoms with van der Waals surface area (Å²) >= 11 is 0. The molecule has 1 aromatic carbocycles. The van der Waals surface area contributed by atoms with Crippen molar-refractivity contribution >= 4 is 5.91 Å². The molecule has 4 nitrogen and oxygen atoms in total. The highest BCUT2D eigenvalue weighted by Gasteiger charge is 2.26. The van der Waals surface area contributed by atoms with Gasteiger partial charge in [0.1, 0.15) is 0 Å². The zero-order valence-corrected chi connectivity index (χ0v) is 22.0. The highest BCUT2D eigenvalue weighted by atomic mass is 16.5. The van der Waals surface area contributed by atoms with E-state index < -0.39 is 0 Å². The molecular weight excluding hydrogens is 422 g/mol. The molecule has 0 bridgehead atoms. The van der Waals surface area contributed by atoms with Gasteiger partial charge in [-0.2, -0.15) is 0 Å². The lowest BCUT2D eigenvalue weighted by Gasteiger charge is -2.32. The van der Waals surface area contributed by atoms with Crippen LogP contribution in [-0.4, -0.2) is 26.7 Å². The van der Waals surface area contributed by atoms with Gasteiger partial charge in [0.25, 0.3) is 0 Å². The molecule has 0 aliphatic heterocycles. The van der Waals surface area contributed by atoms with Gasteiger partial charge in [-0.1, -0.05) is 61.4 Å². The fourth-order valence-electron chi connectivity index (χ4n) is 4.30. The summed E-state index contributed by atoms with van der Waals surface area (Å²) in [6, 6.07) is 5.79. The van der Waals surface area contributed by atoms with Crippen molar-refractivity contribution in [2.45, 2.75) is 60.3 Å². The first-order valence-corrected chi connectivity index (χ1v) is 12.1. The Kier molecular flexibility index (Phi) is 10.4. The van der Waals surface area contributed by atoms with Crippen LogP contribution in [-0.2, 0) is 11.2 Å². The molecule has 4 heteroatoms. The van der Waals surface area contributed by atoms with Crippen molar-refractivity contribution in [1.82, 2.24) is 5.32 Å². The summed E-state index contributed by atoms with van der Waals surface area (Å²) in [6.45, 7) is 11.5. The van der Waals surface area contributed by atoms with E-state index in [-0.39, 0.29) is 11.3 Å². The predicted octanol–water partition coefficient (Wildman–Crippen LogP) is 6.89. The van der Waals surface area contributed by atoms with E-state index in [2.05, 4.69) is 51.2 Å². The van der Waals surface area contributed by atoms with E-state index in [1.807, 2.05) is 37.3 Å². The van der Waals surface area contributed by atoms with E-state index in [9.17, 15) is 4.79 Å². The number of amides is 1. The monoisotopic (exact) mass is 463 g/mol. The van der Waals surface area contributed by atoms with Crippen LogP contribution in [0.1, 0.15) is 59.4 Å². The Labute approximate surface area is 206 Å². The summed E-state index contributed by atoms with van der Waals surface area (Å²) in [5, 5.41) is 2.94. The average molecular weight is 464 g/mol. The average Bonchev–Trinajstić information content (AvgIpc) is 2.78. The lowest BCUT2D eigenvalue weighted by molar-refractivity contribution is -0.116. The summed E-state index contributed by atoms with van der Waals surface area (Å²) in [5.74, 6) is 1.30. The van der Waals surface area contributed by atoms with Crippen LogP contribution in [0.2, 0.25) is 0 Å². The van der Waals surface area contributed by atoms with Crippen LogP contribution in [0, 0.1) is 5.41 Å². The van der Waals surface area contributed by atoms with Gasteiger partial charge in [-0.15, -0.1) is 0 Å². The number of hydrogen-bond acceptors (Lipinski definition) is 3. The first-order chi connectivity index (χ1) is 16.2.